The second kappa shape index (κ2) is 6.78. The van der Waals surface area contributed by atoms with E-state index in [1.807, 2.05) is 39.2 Å². The van der Waals surface area contributed by atoms with Crippen LogP contribution in [0.3, 0.4) is 0 Å². The Morgan fingerprint density at radius 1 is 1.16 bits per heavy atom. The number of aryl methyl sites for hydroxylation is 3. The van der Waals surface area contributed by atoms with Gasteiger partial charge in [0, 0.05) is 31.5 Å². The van der Waals surface area contributed by atoms with Gasteiger partial charge in [-0.05, 0) is 48.7 Å². The summed E-state index contributed by atoms with van der Waals surface area (Å²) in [6.07, 6.45) is 5.25. The van der Waals surface area contributed by atoms with Crippen molar-refractivity contribution in [3.05, 3.63) is 65.6 Å². The molecule has 0 atom stereocenters. The molecule has 2 aromatic heterocycles. The molecule has 0 saturated carbocycles. The number of rotatable bonds is 5. The van der Waals surface area contributed by atoms with Crippen molar-refractivity contribution in [1.82, 2.24) is 19.5 Å². The van der Waals surface area contributed by atoms with E-state index in [1.54, 1.807) is 35.3 Å². The number of nitrogens with one attached hydrogen (secondary N) is 1. The lowest BCUT2D eigenvalue weighted by Crippen LogP contribution is -2.23. The molecule has 3 aromatic rings. The minimum atomic E-state index is -3.59. The highest BCUT2D eigenvalue weighted by molar-refractivity contribution is 7.89. The Morgan fingerprint density at radius 3 is 2.64 bits per heavy atom. The number of hydrogen-bond donors (Lipinski definition) is 1. The summed E-state index contributed by atoms with van der Waals surface area (Å²) in [5.41, 5.74) is 4.37. The highest BCUT2D eigenvalue weighted by Crippen LogP contribution is 2.21. The van der Waals surface area contributed by atoms with Crippen LogP contribution in [-0.2, 0) is 23.6 Å². The van der Waals surface area contributed by atoms with Gasteiger partial charge in [0.15, 0.2) is 0 Å². The van der Waals surface area contributed by atoms with Gasteiger partial charge in [-0.1, -0.05) is 12.1 Å². The molecule has 6 nitrogen and oxygen atoms in total. The molecule has 0 aliphatic carbocycles. The Balaban J connectivity index is 1.85. The lowest BCUT2D eigenvalue weighted by atomic mass is 10.1. The molecule has 0 aliphatic rings. The second-order valence-electron chi connectivity index (χ2n) is 5.98. The van der Waals surface area contributed by atoms with E-state index < -0.39 is 10.0 Å². The van der Waals surface area contributed by atoms with Gasteiger partial charge in [-0.3, -0.25) is 9.67 Å². The van der Waals surface area contributed by atoms with Crippen LogP contribution in [0.15, 0.2) is 53.8 Å². The van der Waals surface area contributed by atoms with E-state index in [-0.39, 0.29) is 11.4 Å². The van der Waals surface area contributed by atoms with Gasteiger partial charge in [-0.15, -0.1) is 0 Å². The monoisotopic (exact) mass is 356 g/mol. The van der Waals surface area contributed by atoms with Gasteiger partial charge >= 0.3 is 0 Å². The van der Waals surface area contributed by atoms with Gasteiger partial charge in [-0.2, -0.15) is 5.10 Å². The summed E-state index contributed by atoms with van der Waals surface area (Å²) in [6.45, 7) is 4.01. The smallest absolute Gasteiger partial charge is 0.240 e. The summed E-state index contributed by atoms with van der Waals surface area (Å²) < 4.78 is 29.5. The van der Waals surface area contributed by atoms with Crippen LogP contribution in [0.2, 0.25) is 0 Å². The maximum atomic E-state index is 12.6. The molecule has 2 heterocycles. The van der Waals surface area contributed by atoms with Gasteiger partial charge in [0.05, 0.1) is 16.8 Å². The molecular formula is C18H20N4O2S. The van der Waals surface area contributed by atoms with E-state index in [0.29, 0.717) is 0 Å². The van der Waals surface area contributed by atoms with Crippen LogP contribution < -0.4 is 4.72 Å². The fourth-order valence-corrected chi connectivity index (χ4v) is 3.61. The van der Waals surface area contributed by atoms with Crippen LogP contribution in [0.5, 0.6) is 0 Å². The first kappa shape index (κ1) is 17.3. The molecule has 130 valence electrons. The molecule has 7 heteroatoms. The van der Waals surface area contributed by atoms with Gasteiger partial charge in [0.1, 0.15) is 0 Å². The average molecular weight is 356 g/mol. The van der Waals surface area contributed by atoms with Crippen LogP contribution in [0.1, 0.15) is 16.7 Å². The summed E-state index contributed by atoms with van der Waals surface area (Å²) >= 11 is 0. The predicted octanol–water partition coefficient (Wildman–Crippen LogP) is 2.58. The molecule has 0 spiro atoms. The molecule has 0 radical (unpaired) electrons. The SMILES string of the molecule is Cc1ccc(S(=O)(=O)NCc2cccnc2-c2cnn(C)c2)cc1C. The van der Waals surface area contributed by atoms with Crippen molar-refractivity contribution in [2.45, 2.75) is 25.3 Å². The number of pyridine rings is 1. The van der Waals surface area contributed by atoms with Crippen molar-refractivity contribution in [2.24, 2.45) is 7.05 Å². The molecule has 0 unspecified atom stereocenters. The van der Waals surface area contributed by atoms with E-state index in [0.717, 1.165) is 27.9 Å². The zero-order valence-electron chi connectivity index (χ0n) is 14.4. The third kappa shape index (κ3) is 3.78. The van der Waals surface area contributed by atoms with Crippen molar-refractivity contribution in [3.63, 3.8) is 0 Å². The molecule has 0 aliphatic heterocycles. The predicted molar refractivity (Wildman–Crippen MR) is 96.4 cm³/mol. The maximum absolute atomic E-state index is 12.6. The van der Waals surface area contributed by atoms with Crippen molar-refractivity contribution >= 4 is 10.0 Å². The van der Waals surface area contributed by atoms with Crippen molar-refractivity contribution in [2.75, 3.05) is 0 Å². The summed E-state index contributed by atoms with van der Waals surface area (Å²) in [5.74, 6) is 0. The fourth-order valence-electron chi connectivity index (χ4n) is 2.52. The molecule has 0 fully saturated rings. The number of nitrogens with zero attached hydrogens (tertiary/aromatic N) is 3. The van der Waals surface area contributed by atoms with E-state index in [9.17, 15) is 8.42 Å². The summed E-state index contributed by atoms with van der Waals surface area (Å²) in [7, 11) is -1.76. The lowest BCUT2D eigenvalue weighted by Gasteiger charge is -2.10. The Labute approximate surface area is 147 Å². The first-order chi connectivity index (χ1) is 11.9. The summed E-state index contributed by atoms with van der Waals surface area (Å²) in [6, 6.07) is 8.77. The number of aromatic nitrogens is 3. The normalized spacial score (nSPS) is 11.6. The van der Waals surface area contributed by atoms with Crippen molar-refractivity contribution in [1.29, 1.82) is 0 Å². The molecule has 25 heavy (non-hydrogen) atoms. The fraction of sp³-hybridized carbons (Fsp3) is 0.222. The average Bonchev–Trinajstić information content (AvgIpc) is 3.02. The minimum Gasteiger partial charge on any atom is -0.275 e. The largest absolute Gasteiger partial charge is 0.275 e. The highest BCUT2D eigenvalue weighted by atomic mass is 32.2. The maximum Gasteiger partial charge on any atom is 0.240 e. The molecule has 3 rings (SSSR count). The van der Waals surface area contributed by atoms with Crippen molar-refractivity contribution < 1.29 is 8.42 Å². The number of benzene rings is 1. The summed E-state index contributed by atoms with van der Waals surface area (Å²) in [4.78, 5) is 4.64. The Morgan fingerprint density at radius 2 is 1.96 bits per heavy atom. The third-order valence-corrected chi connectivity index (χ3v) is 5.51. The third-order valence-electron chi connectivity index (χ3n) is 4.11. The van der Waals surface area contributed by atoms with Gasteiger partial charge in [-0.25, -0.2) is 13.1 Å². The Hall–Kier alpha value is -2.51. The van der Waals surface area contributed by atoms with Crippen LogP contribution in [0.25, 0.3) is 11.3 Å². The molecule has 0 amide bonds. The van der Waals surface area contributed by atoms with Crippen LogP contribution in [0.4, 0.5) is 0 Å². The van der Waals surface area contributed by atoms with Gasteiger partial charge in [0.25, 0.3) is 0 Å². The Kier molecular flexibility index (Phi) is 4.69. The first-order valence-corrected chi connectivity index (χ1v) is 9.35. The zero-order chi connectivity index (χ0) is 18.0. The highest BCUT2D eigenvalue weighted by Gasteiger charge is 2.16. The van der Waals surface area contributed by atoms with E-state index >= 15 is 0 Å². The van der Waals surface area contributed by atoms with Gasteiger partial charge < -0.3 is 0 Å². The molecule has 0 bridgehead atoms. The number of hydrogen-bond acceptors (Lipinski definition) is 4. The van der Waals surface area contributed by atoms with Crippen LogP contribution >= 0.6 is 0 Å². The Bertz CT molecular complexity index is 1010. The molecule has 1 aromatic carbocycles. The van der Waals surface area contributed by atoms with E-state index in [1.165, 1.54) is 0 Å². The first-order valence-electron chi connectivity index (χ1n) is 7.86. The molecular weight excluding hydrogens is 336 g/mol. The standard InChI is InChI=1S/C18H20N4O2S/c1-13-6-7-17(9-14(13)2)25(23,24)21-11-15-5-4-8-19-18(15)16-10-20-22(3)12-16/h4-10,12,21H,11H2,1-3H3. The number of sulfonamides is 1. The van der Waals surface area contributed by atoms with Crippen LogP contribution in [-0.4, -0.2) is 23.2 Å². The topological polar surface area (TPSA) is 76.9 Å². The van der Waals surface area contributed by atoms with E-state index in [4.69, 9.17) is 0 Å². The van der Waals surface area contributed by atoms with Gasteiger partial charge in [0.2, 0.25) is 10.0 Å². The lowest BCUT2D eigenvalue weighted by molar-refractivity contribution is 0.581. The van der Waals surface area contributed by atoms with E-state index in [2.05, 4.69) is 14.8 Å². The van der Waals surface area contributed by atoms with Crippen LogP contribution in [0, 0.1) is 13.8 Å². The molecule has 0 saturated heterocycles. The quantitative estimate of drug-likeness (QED) is 0.762. The second-order valence-corrected chi connectivity index (χ2v) is 7.75. The molecule has 1 N–H and O–H groups in total. The van der Waals surface area contributed by atoms with Crippen molar-refractivity contribution in [3.8, 4) is 11.3 Å². The minimum absolute atomic E-state index is 0.160. The zero-order valence-corrected chi connectivity index (χ0v) is 15.2. The summed E-state index contributed by atoms with van der Waals surface area (Å²) in [5, 5.41) is 4.15.